The number of hydrogen-bond acceptors (Lipinski definition) is 2. The molecule has 3 nitrogen and oxygen atoms in total. The molecule has 2 saturated carbocycles. The Hall–Kier alpha value is -1.94. The van der Waals surface area contributed by atoms with E-state index in [1.165, 1.54) is 92.9 Å². The molecule has 0 radical (unpaired) electrons. The van der Waals surface area contributed by atoms with Crippen molar-refractivity contribution in [1.29, 1.82) is 0 Å². The monoisotopic (exact) mass is 539 g/mol. The summed E-state index contributed by atoms with van der Waals surface area (Å²) < 4.78 is 6.47. The van der Waals surface area contributed by atoms with Crippen molar-refractivity contribution in [3.63, 3.8) is 0 Å². The van der Waals surface area contributed by atoms with Crippen LogP contribution in [-0.4, -0.2) is 29.2 Å². The van der Waals surface area contributed by atoms with Crippen LogP contribution in [-0.2, 0) is 15.7 Å². The van der Waals surface area contributed by atoms with Gasteiger partial charge in [-0.2, -0.15) is 0 Å². The molecule has 2 atom stereocenters. The molecular formula is C34H51O3S+. The molecule has 210 valence electrons. The van der Waals surface area contributed by atoms with Gasteiger partial charge < -0.3 is 9.84 Å². The van der Waals surface area contributed by atoms with Gasteiger partial charge in [0.15, 0.2) is 4.90 Å². The first kappa shape index (κ1) is 30.6. The number of hydrogen-bond donors (Lipinski definition) is 1. The quantitative estimate of drug-likeness (QED) is 0.304. The molecule has 4 heteroatoms. The second kappa shape index (κ2) is 16.2. The number of allylic oxidation sites excluding steroid dienone is 1. The van der Waals surface area contributed by atoms with Gasteiger partial charge in [-0.15, -0.1) is 0 Å². The zero-order valence-corrected chi connectivity index (χ0v) is 25.2. The average molecular weight is 540 g/mol. The Kier molecular flexibility index (Phi) is 13.1. The molecule has 2 aliphatic carbocycles. The van der Waals surface area contributed by atoms with Crippen molar-refractivity contribution >= 4 is 27.6 Å². The van der Waals surface area contributed by atoms with Crippen molar-refractivity contribution in [2.45, 2.75) is 103 Å². The van der Waals surface area contributed by atoms with Crippen LogP contribution in [0.15, 0.2) is 52.9 Å². The minimum Gasteiger partial charge on any atom is -0.493 e. The maximum absolute atomic E-state index is 9.86. The van der Waals surface area contributed by atoms with E-state index in [1.54, 1.807) is 24.8 Å². The molecule has 0 amide bonds. The van der Waals surface area contributed by atoms with Gasteiger partial charge in [-0.25, -0.2) is 4.79 Å². The third-order valence-electron chi connectivity index (χ3n) is 8.52. The molecule has 3 fully saturated rings. The van der Waals surface area contributed by atoms with Crippen molar-refractivity contribution in [1.82, 2.24) is 0 Å². The van der Waals surface area contributed by atoms with Crippen LogP contribution in [0.25, 0.3) is 10.8 Å². The summed E-state index contributed by atoms with van der Waals surface area (Å²) in [6.07, 6.45) is 17.2. The van der Waals surface area contributed by atoms with Crippen molar-refractivity contribution < 1.29 is 14.6 Å². The predicted octanol–water partition coefficient (Wildman–Crippen LogP) is 9.44. The molecule has 38 heavy (non-hydrogen) atoms. The Balaban J connectivity index is 0.000000389. The van der Waals surface area contributed by atoms with Crippen LogP contribution >= 0.6 is 0 Å². The lowest BCUT2D eigenvalue weighted by Crippen LogP contribution is -2.16. The number of rotatable bonds is 5. The highest BCUT2D eigenvalue weighted by atomic mass is 32.2. The zero-order chi connectivity index (χ0) is 27.3. The molecule has 1 N–H and O–H groups in total. The second-order valence-electron chi connectivity index (χ2n) is 11.0. The molecule has 3 aliphatic rings. The van der Waals surface area contributed by atoms with E-state index in [1.807, 2.05) is 13.8 Å². The van der Waals surface area contributed by atoms with E-state index in [0.717, 1.165) is 30.1 Å². The Bertz CT molecular complexity index is 1010. The van der Waals surface area contributed by atoms with Crippen LogP contribution in [0, 0.1) is 17.8 Å². The van der Waals surface area contributed by atoms with Crippen molar-refractivity contribution in [3.8, 4) is 5.75 Å². The summed E-state index contributed by atoms with van der Waals surface area (Å²) in [5.74, 6) is 5.90. The molecule has 1 heterocycles. The number of aliphatic carboxylic acids is 1. The molecular weight excluding hydrogens is 488 g/mol. The summed E-state index contributed by atoms with van der Waals surface area (Å²) in [7, 11) is 0.439. The number of benzene rings is 2. The highest BCUT2D eigenvalue weighted by Crippen LogP contribution is 2.43. The average Bonchev–Trinajstić information content (AvgIpc) is 3.37. The maximum atomic E-state index is 9.86. The lowest BCUT2D eigenvalue weighted by Gasteiger charge is -2.20. The van der Waals surface area contributed by atoms with E-state index < -0.39 is 5.97 Å². The molecule has 1 aliphatic heterocycles. The minimum atomic E-state index is -0.845. The summed E-state index contributed by atoms with van der Waals surface area (Å²) in [4.78, 5) is 11.5. The van der Waals surface area contributed by atoms with Crippen LogP contribution in [0.5, 0.6) is 5.75 Å². The zero-order valence-electron chi connectivity index (χ0n) is 24.3. The van der Waals surface area contributed by atoms with Gasteiger partial charge in [-0.05, 0) is 63.6 Å². The first-order chi connectivity index (χ1) is 18.6. The Morgan fingerprint density at radius 3 is 1.97 bits per heavy atom. The van der Waals surface area contributed by atoms with Gasteiger partial charge in [0, 0.05) is 39.1 Å². The van der Waals surface area contributed by atoms with Gasteiger partial charge in [0.05, 0.1) is 6.61 Å². The summed E-state index contributed by atoms with van der Waals surface area (Å²) in [6.45, 7) is 8.16. The van der Waals surface area contributed by atoms with E-state index in [4.69, 9.17) is 9.84 Å². The largest absolute Gasteiger partial charge is 0.493 e. The van der Waals surface area contributed by atoms with Gasteiger partial charge >= 0.3 is 5.97 Å². The van der Waals surface area contributed by atoms with Gasteiger partial charge in [-0.3, -0.25) is 0 Å². The van der Waals surface area contributed by atoms with Crippen LogP contribution in [0.2, 0.25) is 0 Å². The van der Waals surface area contributed by atoms with Crippen LogP contribution in [0.1, 0.15) is 98.3 Å². The number of ether oxygens (including phenoxy) is 1. The maximum Gasteiger partial charge on any atom is 0.330 e. The van der Waals surface area contributed by atoms with Crippen LogP contribution in [0.4, 0.5) is 0 Å². The molecule has 1 saturated heterocycles. The van der Waals surface area contributed by atoms with Gasteiger partial charge in [0.25, 0.3) is 0 Å². The minimum absolute atomic E-state index is 0.389. The SMILES string of the molecule is C/C=C(\C)C(=O)O.CC.c1ccc2c([S+]3CC4CCCCC4C3)ccc(OCC3CCCCCCC3)c2c1. The van der Waals surface area contributed by atoms with E-state index in [-0.39, 0.29) is 0 Å². The highest BCUT2D eigenvalue weighted by molar-refractivity contribution is 7.97. The van der Waals surface area contributed by atoms with Crippen molar-refractivity contribution in [2.75, 3.05) is 18.1 Å². The Labute approximate surface area is 234 Å². The molecule has 2 unspecified atom stereocenters. The van der Waals surface area contributed by atoms with Crippen LogP contribution in [0.3, 0.4) is 0 Å². The molecule has 0 bridgehead atoms. The van der Waals surface area contributed by atoms with E-state index >= 15 is 0 Å². The molecule has 2 aromatic rings. The standard InChI is InChI=1S/C27H37OS.C5H8O2.C2H6/c1-2-4-10-21(11-5-3-1)18-28-26-16-17-27(25-15-9-8-14-24(25)26)29-19-22-12-6-7-13-23(22)20-29;1-3-4(2)5(6)7;1-2/h8-9,14-17,21-23H,1-7,10-13,18-20H2;3H,1-2H3,(H,6,7);1-2H3/q+1;;/b;4-3+;. The third-order valence-corrected chi connectivity index (χ3v) is 11.2. The van der Waals surface area contributed by atoms with Gasteiger partial charge in [-0.1, -0.05) is 83.1 Å². The van der Waals surface area contributed by atoms with Gasteiger partial charge in [0.1, 0.15) is 17.3 Å². The fraction of sp³-hybridized carbons (Fsp3) is 0.618. The Morgan fingerprint density at radius 1 is 0.868 bits per heavy atom. The van der Waals surface area contributed by atoms with E-state index in [9.17, 15) is 4.79 Å². The smallest absolute Gasteiger partial charge is 0.330 e. The normalized spacial score (nSPS) is 24.1. The second-order valence-corrected chi connectivity index (χ2v) is 13.1. The first-order valence-corrected chi connectivity index (χ1v) is 16.8. The first-order valence-electron chi connectivity index (χ1n) is 15.2. The van der Waals surface area contributed by atoms with Crippen molar-refractivity contribution in [2.24, 2.45) is 17.8 Å². The summed E-state index contributed by atoms with van der Waals surface area (Å²) in [6, 6.07) is 13.8. The summed E-state index contributed by atoms with van der Waals surface area (Å²) >= 11 is 0. The Morgan fingerprint density at radius 2 is 1.42 bits per heavy atom. The van der Waals surface area contributed by atoms with Gasteiger partial charge in [0.2, 0.25) is 0 Å². The summed E-state index contributed by atoms with van der Waals surface area (Å²) in [5, 5.41) is 10.9. The molecule has 5 rings (SSSR count). The number of carboxylic acids is 1. The molecule has 0 spiro atoms. The molecule has 0 aromatic heterocycles. The van der Waals surface area contributed by atoms with E-state index in [2.05, 4.69) is 36.4 Å². The number of carbonyl (C=O) groups is 1. The van der Waals surface area contributed by atoms with E-state index in [0.29, 0.717) is 16.5 Å². The van der Waals surface area contributed by atoms with Crippen LogP contribution < -0.4 is 4.74 Å². The summed E-state index contributed by atoms with van der Waals surface area (Å²) in [5.41, 5.74) is 0.389. The topological polar surface area (TPSA) is 46.5 Å². The third kappa shape index (κ3) is 8.53. The highest BCUT2D eigenvalue weighted by Gasteiger charge is 2.44. The fourth-order valence-corrected chi connectivity index (χ4v) is 9.30. The fourth-order valence-electron chi connectivity index (χ4n) is 6.15. The molecule has 2 aromatic carbocycles. The van der Waals surface area contributed by atoms with Crippen molar-refractivity contribution in [3.05, 3.63) is 48.0 Å². The predicted molar refractivity (Wildman–Crippen MR) is 164 cm³/mol. The lowest BCUT2D eigenvalue weighted by molar-refractivity contribution is -0.132. The number of fused-ring (bicyclic) bond motifs is 2. The number of carboxylic acid groups (broad SMARTS) is 1. The lowest BCUT2D eigenvalue weighted by atomic mass is 9.82.